The normalized spacial score (nSPS) is 12.0. The smallest absolute Gasteiger partial charge is 0.0425 e. The summed E-state index contributed by atoms with van der Waals surface area (Å²) in [5, 5.41) is 0. The van der Waals surface area contributed by atoms with Gasteiger partial charge in [-0.1, -0.05) is 20.8 Å². The van der Waals surface area contributed by atoms with Gasteiger partial charge in [-0.25, -0.2) is 0 Å². The van der Waals surface area contributed by atoms with Crippen molar-refractivity contribution >= 4 is 0 Å². The minimum absolute atomic E-state index is 0.736. The third-order valence-corrected chi connectivity index (χ3v) is 1.72. The first-order chi connectivity index (χ1) is 4.09. The molecule has 0 amide bonds. The van der Waals surface area contributed by atoms with Crippen molar-refractivity contribution in [1.82, 2.24) is 0 Å². The molecule has 0 aliphatic carbocycles. The quantitative estimate of drug-likeness (QED) is 0.536. The van der Waals surface area contributed by atoms with Crippen molar-refractivity contribution in [2.75, 3.05) is 14.1 Å². The van der Waals surface area contributed by atoms with Crippen LogP contribution in [0.5, 0.6) is 0 Å². The predicted molar refractivity (Wildman–Crippen MR) is 41.2 cm³/mol. The average molecular weight is 129 g/mol. The molecular weight excluding hydrogens is 110 g/mol. The molecule has 0 aliphatic heterocycles. The largest absolute Gasteiger partial charge is 0.468 e. The summed E-state index contributed by atoms with van der Waals surface area (Å²) in [5.41, 5.74) is 0. The Morgan fingerprint density at radius 3 is 1.78 bits per heavy atom. The highest BCUT2D eigenvalue weighted by atomic mass is 15.1. The molecule has 0 aromatic carbocycles. The predicted octanol–water partition coefficient (Wildman–Crippen LogP) is 0.729. The Kier molecular flexibility index (Phi) is 3.87. The molecule has 0 fully saturated rings. The molecular formula is C8H19N. The molecule has 0 atom stereocenters. The van der Waals surface area contributed by atoms with E-state index >= 15 is 0 Å². The average Bonchev–Trinajstić information content (AvgIpc) is 1.64. The monoisotopic (exact) mass is 129 g/mol. The van der Waals surface area contributed by atoms with Crippen LogP contribution in [0.15, 0.2) is 0 Å². The Bertz CT molecular complexity index is 59.0. The summed E-state index contributed by atoms with van der Waals surface area (Å²) in [4.78, 5) is 1.49. The van der Waals surface area contributed by atoms with E-state index in [2.05, 4.69) is 34.9 Å². The lowest BCUT2D eigenvalue weighted by Crippen LogP contribution is -3.07. The fraction of sp³-hybridized carbons (Fsp3) is 0.875. The SMILES string of the molecule is CC[C-](C(C)C)[NH+](C)C. The third kappa shape index (κ3) is 2.85. The zero-order chi connectivity index (χ0) is 7.44. The van der Waals surface area contributed by atoms with Gasteiger partial charge in [0.1, 0.15) is 0 Å². The van der Waals surface area contributed by atoms with E-state index in [1.807, 2.05) is 0 Å². The summed E-state index contributed by atoms with van der Waals surface area (Å²) in [6.07, 6.45) is 1.21. The first kappa shape index (κ1) is 8.96. The van der Waals surface area contributed by atoms with Gasteiger partial charge in [-0.05, 0) is 0 Å². The molecule has 0 heterocycles. The number of quaternary nitrogens is 1. The molecule has 1 nitrogen and oxygen atoms in total. The van der Waals surface area contributed by atoms with Crippen LogP contribution in [0.1, 0.15) is 27.2 Å². The molecule has 9 heavy (non-hydrogen) atoms. The lowest BCUT2D eigenvalue weighted by atomic mass is 10.0. The highest BCUT2D eigenvalue weighted by Gasteiger charge is 2.02. The van der Waals surface area contributed by atoms with Gasteiger partial charge in [0.25, 0.3) is 0 Å². The van der Waals surface area contributed by atoms with Crippen LogP contribution in [-0.4, -0.2) is 14.1 Å². The Morgan fingerprint density at radius 1 is 1.33 bits per heavy atom. The van der Waals surface area contributed by atoms with Crippen LogP contribution in [-0.2, 0) is 0 Å². The maximum Gasteiger partial charge on any atom is 0.0425 e. The van der Waals surface area contributed by atoms with Gasteiger partial charge in [0, 0.05) is 14.1 Å². The topological polar surface area (TPSA) is 4.44 Å². The second-order valence-electron chi connectivity index (χ2n) is 3.03. The molecule has 0 rings (SSSR count). The van der Waals surface area contributed by atoms with E-state index in [1.165, 1.54) is 11.3 Å². The van der Waals surface area contributed by atoms with Crippen LogP contribution in [0, 0.1) is 12.0 Å². The number of hydrogen-bond acceptors (Lipinski definition) is 0. The van der Waals surface area contributed by atoms with E-state index < -0.39 is 0 Å². The first-order valence-electron chi connectivity index (χ1n) is 3.75. The highest BCUT2D eigenvalue weighted by molar-refractivity contribution is 4.76. The minimum atomic E-state index is 0.736. The second-order valence-corrected chi connectivity index (χ2v) is 3.03. The van der Waals surface area contributed by atoms with Crippen LogP contribution in [0.3, 0.4) is 0 Å². The van der Waals surface area contributed by atoms with Crippen molar-refractivity contribution in [3.8, 4) is 0 Å². The van der Waals surface area contributed by atoms with Gasteiger partial charge in [0.2, 0.25) is 0 Å². The Morgan fingerprint density at radius 2 is 1.78 bits per heavy atom. The summed E-state index contributed by atoms with van der Waals surface area (Å²) >= 11 is 0. The molecule has 0 aromatic heterocycles. The molecule has 0 spiro atoms. The van der Waals surface area contributed by atoms with Gasteiger partial charge in [0.15, 0.2) is 0 Å². The Balaban J connectivity index is 3.68. The summed E-state index contributed by atoms with van der Waals surface area (Å²) in [6, 6.07) is 1.61. The van der Waals surface area contributed by atoms with Crippen LogP contribution in [0.25, 0.3) is 0 Å². The minimum Gasteiger partial charge on any atom is -0.468 e. The second kappa shape index (κ2) is 3.89. The van der Waals surface area contributed by atoms with E-state index in [0.717, 1.165) is 5.92 Å². The van der Waals surface area contributed by atoms with Crippen LogP contribution >= 0.6 is 0 Å². The summed E-state index contributed by atoms with van der Waals surface area (Å²) in [5.74, 6) is 0.736. The molecule has 0 bridgehead atoms. The summed E-state index contributed by atoms with van der Waals surface area (Å²) in [7, 11) is 4.39. The number of rotatable bonds is 3. The standard InChI is InChI=1S/C8H19N/c1-6-8(7(2)3)9(4)5/h7,9H,6H2,1-5H3. The highest BCUT2D eigenvalue weighted by Crippen LogP contribution is 2.08. The van der Waals surface area contributed by atoms with Gasteiger partial charge >= 0.3 is 0 Å². The van der Waals surface area contributed by atoms with Crippen LogP contribution in [0.2, 0.25) is 0 Å². The Labute approximate surface area is 59.1 Å². The van der Waals surface area contributed by atoms with Crippen molar-refractivity contribution in [3.63, 3.8) is 0 Å². The number of nitrogens with one attached hydrogen (secondary N) is 1. The molecule has 1 heteroatoms. The third-order valence-electron chi connectivity index (χ3n) is 1.72. The van der Waals surface area contributed by atoms with Gasteiger partial charge in [0.05, 0.1) is 0 Å². The zero-order valence-corrected chi connectivity index (χ0v) is 7.28. The molecule has 56 valence electrons. The van der Waals surface area contributed by atoms with Crippen molar-refractivity contribution in [2.45, 2.75) is 27.2 Å². The maximum atomic E-state index is 2.26. The van der Waals surface area contributed by atoms with Crippen molar-refractivity contribution in [2.24, 2.45) is 5.92 Å². The van der Waals surface area contributed by atoms with Gasteiger partial charge in [-0.2, -0.15) is 0 Å². The van der Waals surface area contributed by atoms with E-state index in [4.69, 9.17) is 0 Å². The molecule has 0 saturated heterocycles. The first-order valence-corrected chi connectivity index (χ1v) is 3.75. The molecule has 0 aromatic rings. The van der Waals surface area contributed by atoms with Crippen molar-refractivity contribution in [3.05, 3.63) is 6.04 Å². The van der Waals surface area contributed by atoms with Crippen LogP contribution in [0.4, 0.5) is 0 Å². The lowest BCUT2D eigenvalue weighted by molar-refractivity contribution is -0.849. The summed E-state index contributed by atoms with van der Waals surface area (Å²) in [6.45, 7) is 6.74. The fourth-order valence-electron chi connectivity index (χ4n) is 1.34. The molecule has 0 radical (unpaired) electrons. The van der Waals surface area contributed by atoms with Crippen molar-refractivity contribution in [1.29, 1.82) is 0 Å². The Hall–Kier alpha value is -0.0400. The lowest BCUT2D eigenvalue weighted by Gasteiger charge is -2.36. The maximum absolute atomic E-state index is 2.26. The van der Waals surface area contributed by atoms with Crippen LogP contribution < -0.4 is 4.90 Å². The number of hydrogen-bond donors (Lipinski definition) is 1. The van der Waals surface area contributed by atoms with E-state index in [1.54, 1.807) is 6.04 Å². The van der Waals surface area contributed by atoms with E-state index in [0.29, 0.717) is 0 Å². The molecule has 0 unspecified atom stereocenters. The van der Waals surface area contributed by atoms with E-state index in [9.17, 15) is 0 Å². The van der Waals surface area contributed by atoms with Gasteiger partial charge in [-0.3, -0.25) is 0 Å². The summed E-state index contributed by atoms with van der Waals surface area (Å²) < 4.78 is 0. The van der Waals surface area contributed by atoms with E-state index in [-0.39, 0.29) is 0 Å². The molecule has 1 N–H and O–H groups in total. The molecule has 0 saturated carbocycles. The molecule has 0 aliphatic rings. The van der Waals surface area contributed by atoms with Gasteiger partial charge < -0.3 is 4.90 Å². The van der Waals surface area contributed by atoms with Gasteiger partial charge in [-0.15, -0.1) is 18.4 Å². The van der Waals surface area contributed by atoms with Crippen molar-refractivity contribution < 1.29 is 4.90 Å². The zero-order valence-electron chi connectivity index (χ0n) is 7.28. The fourth-order valence-corrected chi connectivity index (χ4v) is 1.34.